The molecule has 1 heterocycles. The molecule has 0 saturated heterocycles. The van der Waals surface area contributed by atoms with E-state index >= 15 is 0 Å². The molecule has 0 bridgehead atoms. The van der Waals surface area contributed by atoms with Crippen LogP contribution in [0.3, 0.4) is 0 Å². The van der Waals surface area contributed by atoms with Crippen LogP contribution in [-0.2, 0) is 27.8 Å². The first-order chi connectivity index (χ1) is 10.9. The number of rotatable bonds is 7. The normalized spacial score (nSPS) is 24.9. The summed E-state index contributed by atoms with van der Waals surface area (Å²) in [4.78, 5) is 15.5. The largest absolute Gasteiger partial charge is 0.481 e. The van der Waals surface area contributed by atoms with Crippen LogP contribution in [0.25, 0.3) is 0 Å². The Balaban J connectivity index is 1.78. The zero-order chi connectivity index (χ0) is 16.6. The highest BCUT2D eigenvalue weighted by atomic mass is 32.2. The van der Waals surface area contributed by atoms with E-state index in [2.05, 4.69) is 9.71 Å². The summed E-state index contributed by atoms with van der Waals surface area (Å²) in [5, 5.41) is 9.19. The van der Waals surface area contributed by atoms with Gasteiger partial charge in [0.05, 0.1) is 5.92 Å². The lowest BCUT2D eigenvalue weighted by Gasteiger charge is -2.16. The third-order valence-electron chi connectivity index (χ3n) is 4.72. The van der Waals surface area contributed by atoms with Gasteiger partial charge >= 0.3 is 5.97 Å². The molecule has 2 fully saturated rings. The molecular weight excluding hydrogens is 318 g/mol. The Bertz CT molecular complexity index is 694. The first kappa shape index (κ1) is 16.4. The van der Waals surface area contributed by atoms with Crippen molar-refractivity contribution in [1.82, 2.24) is 14.3 Å². The molecule has 0 radical (unpaired) electrons. The summed E-state index contributed by atoms with van der Waals surface area (Å²) in [5.41, 5.74) is 0. The molecule has 2 N–H and O–H groups in total. The molecule has 2 atom stereocenters. The number of aliphatic carboxylic acids is 1. The summed E-state index contributed by atoms with van der Waals surface area (Å²) < 4.78 is 29.6. The Morgan fingerprint density at radius 2 is 2.13 bits per heavy atom. The Morgan fingerprint density at radius 3 is 2.74 bits per heavy atom. The van der Waals surface area contributed by atoms with Gasteiger partial charge in [0.15, 0.2) is 5.03 Å². The predicted molar refractivity (Wildman–Crippen MR) is 83.4 cm³/mol. The van der Waals surface area contributed by atoms with Gasteiger partial charge in [0.25, 0.3) is 10.0 Å². The molecule has 2 aliphatic rings. The van der Waals surface area contributed by atoms with E-state index in [9.17, 15) is 18.3 Å². The van der Waals surface area contributed by atoms with E-state index in [1.165, 1.54) is 12.8 Å². The molecule has 23 heavy (non-hydrogen) atoms. The first-order valence-corrected chi connectivity index (χ1v) is 9.70. The van der Waals surface area contributed by atoms with Crippen LogP contribution < -0.4 is 4.72 Å². The third kappa shape index (κ3) is 3.58. The minimum absolute atomic E-state index is 0.00559. The van der Waals surface area contributed by atoms with Gasteiger partial charge in [0.2, 0.25) is 0 Å². The summed E-state index contributed by atoms with van der Waals surface area (Å²) in [6.07, 6.45) is 6.42. The fraction of sp³-hybridized carbons (Fsp3) is 0.733. The number of aromatic nitrogens is 2. The average molecular weight is 341 g/mol. The lowest BCUT2D eigenvalue weighted by molar-refractivity contribution is -0.141. The number of carboxylic acid groups (broad SMARTS) is 1. The molecule has 8 heteroatoms. The highest BCUT2D eigenvalue weighted by Gasteiger charge is 2.36. The third-order valence-corrected chi connectivity index (χ3v) is 6.08. The Kier molecular flexibility index (Phi) is 4.46. The van der Waals surface area contributed by atoms with Crippen molar-refractivity contribution < 1.29 is 18.3 Å². The maximum atomic E-state index is 12.6. The molecule has 128 valence electrons. The summed E-state index contributed by atoms with van der Waals surface area (Å²) in [6, 6.07) is -0.545. The van der Waals surface area contributed by atoms with Gasteiger partial charge in [-0.25, -0.2) is 18.1 Å². The van der Waals surface area contributed by atoms with Gasteiger partial charge in [-0.15, -0.1) is 0 Å². The second kappa shape index (κ2) is 6.24. The highest BCUT2D eigenvalue weighted by Crippen LogP contribution is 2.31. The van der Waals surface area contributed by atoms with Gasteiger partial charge in [0, 0.05) is 25.2 Å². The summed E-state index contributed by atoms with van der Waals surface area (Å²) in [6.45, 7) is 2.76. The number of carbonyl (C=O) groups is 1. The zero-order valence-corrected chi connectivity index (χ0v) is 14.1. The lowest BCUT2D eigenvalue weighted by Crippen LogP contribution is -2.40. The van der Waals surface area contributed by atoms with Gasteiger partial charge in [-0.2, -0.15) is 0 Å². The first-order valence-electron chi connectivity index (χ1n) is 8.22. The number of hydrogen-bond donors (Lipinski definition) is 2. The van der Waals surface area contributed by atoms with Crippen LogP contribution in [0, 0.1) is 11.8 Å². The quantitative estimate of drug-likeness (QED) is 0.780. The molecule has 2 aliphatic carbocycles. The molecule has 2 saturated carbocycles. The zero-order valence-electron chi connectivity index (χ0n) is 13.2. The molecule has 3 rings (SSSR count). The molecule has 0 aliphatic heterocycles. The van der Waals surface area contributed by atoms with Crippen molar-refractivity contribution in [2.24, 2.45) is 11.8 Å². The second-order valence-corrected chi connectivity index (χ2v) is 8.21. The smallest absolute Gasteiger partial charge is 0.308 e. The molecule has 1 aromatic heterocycles. The van der Waals surface area contributed by atoms with Gasteiger partial charge in [-0.1, -0.05) is 13.3 Å². The molecule has 0 aromatic carbocycles. The standard InChI is InChI=1S/C15H23N3O4S/c1-2-13-16-14(9-18(13)8-10-6-7-10)23(21,22)17-12-5-3-4-11(12)15(19)20/h9-12,17H,2-8H2,1H3,(H,19,20)/t11-,12+/m0/s1. The van der Waals surface area contributed by atoms with E-state index in [1.807, 2.05) is 11.5 Å². The molecule has 0 spiro atoms. The van der Waals surface area contributed by atoms with Crippen molar-refractivity contribution in [3.05, 3.63) is 12.0 Å². The topological polar surface area (TPSA) is 101 Å². The molecule has 0 unspecified atom stereocenters. The van der Waals surface area contributed by atoms with Gasteiger partial charge in [0.1, 0.15) is 5.82 Å². The average Bonchev–Trinajstić information content (AvgIpc) is 3.00. The van der Waals surface area contributed by atoms with Crippen LogP contribution in [0.15, 0.2) is 11.2 Å². The van der Waals surface area contributed by atoms with Crippen LogP contribution in [0.4, 0.5) is 0 Å². The minimum Gasteiger partial charge on any atom is -0.481 e. The summed E-state index contributed by atoms with van der Waals surface area (Å²) in [7, 11) is -3.78. The number of nitrogens with one attached hydrogen (secondary N) is 1. The van der Waals surface area contributed by atoms with Crippen molar-refractivity contribution in [2.45, 2.75) is 63.1 Å². The predicted octanol–water partition coefficient (Wildman–Crippen LogP) is 1.39. The van der Waals surface area contributed by atoms with Crippen LogP contribution in [-0.4, -0.2) is 35.1 Å². The Morgan fingerprint density at radius 1 is 1.39 bits per heavy atom. The van der Waals surface area contributed by atoms with Crippen molar-refractivity contribution in [1.29, 1.82) is 0 Å². The molecular formula is C15H23N3O4S. The second-order valence-electron chi connectivity index (χ2n) is 6.55. The summed E-state index contributed by atoms with van der Waals surface area (Å²) >= 11 is 0. The number of hydrogen-bond acceptors (Lipinski definition) is 4. The van der Waals surface area contributed by atoms with E-state index < -0.39 is 28.0 Å². The van der Waals surface area contributed by atoms with Crippen LogP contribution >= 0.6 is 0 Å². The number of sulfonamides is 1. The molecule has 7 nitrogen and oxygen atoms in total. The molecule has 0 amide bonds. The van der Waals surface area contributed by atoms with Crippen LogP contribution in [0.5, 0.6) is 0 Å². The van der Waals surface area contributed by atoms with E-state index in [0.29, 0.717) is 25.2 Å². The Labute approximate surface area is 136 Å². The number of nitrogens with zero attached hydrogens (tertiary/aromatic N) is 2. The lowest BCUT2D eigenvalue weighted by atomic mass is 10.1. The molecule has 1 aromatic rings. The fourth-order valence-electron chi connectivity index (χ4n) is 3.23. The van der Waals surface area contributed by atoms with Crippen molar-refractivity contribution in [3.8, 4) is 0 Å². The monoisotopic (exact) mass is 341 g/mol. The van der Waals surface area contributed by atoms with Crippen molar-refractivity contribution in [3.63, 3.8) is 0 Å². The highest BCUT2D eigenvalue weighted by molar-refractivity contribution is 7.89. The van der Waals surface area contributed by atoms with Crippen LogP contribution in [0.2, 0.25) is 0 Å². The van der Waals surface area contributed by atoms with Gasteiger partial charge < -0.3 is 9.67 Å². The number of aryl methyl sites for hydroxylation is 1. The van der Waals surface area contributed by atoms with Crippen LogP contribution in [0.1, 0.15) is 44.9 Å². The maximum absolute atomic E-state index is 12.6. The van der Waals surface area contributed by atoms with Crippen molar-refractivity contribution in [2.75, 3.05) is 0 Å². The van der Waals surface area contributed by atoms with E-state index in [0.717, 1.165) is 18.8 Å². The van der Waals surface area contributed by atoms with E-state index in [-0.39, 0.29) is 5.03 Å². The van der Waals surface area contributed by atoms with E-state index in [1.54, 1.807) is 6.20 Å². The number of carboxylic acids is 1. The maximum Gasteiger partial charge on any atom is 0.308 e. The van der Waals surface area contributed by atoms with Gasteiger partial charge in [-0.3, -0.25) is 4.79 Å². The number of imidazole rings is 1. The SMILES string of the molecule is CCc1nc(S(=O)(=O)N[C@@H]2CCC[C@@H]2C(=O)O)cn1CC1CC1. The van der Waals surface area contributed by atoms with Crippen molar-refractivity contribution >= 4 is 16.0 Å². The summed E-state index contributed by atoms with van der Waals surface area (Å²) in [5.74, 6) is -0.199. The van der Waals surface area contributed by atoms with Gasteiger partial charge in [-0.05, 0) is 31.6 Å². The Hall–Kier alpha value is -1.41. The fourth-order valence-corrected chi connectivity index (χ4v) is 4.53. The van der Waals surface area contributed by atoms with E-state index in [4.69, 9.17) is 0 Å². The minimum atomic E-state index is -3.78.